The molecular formula is C11H10N2O2S3. The van der Waals surface area contributed by atoms with Crippen LogP contribution in [-0.2, 0) is 10.5 Å². The van der Waals surface area contributed by atoms with Gasteiger partial charge in [0.2, 0.25) is 0 Å². The number of rotatable bonds is 5. The van der Waals surface area contributed by atoms with E-state index in [0.717, 1.165) is 26.1 Å². The van der Waals surface area contributed by atoms with E-state index in [4.69, 9.17) is 5.11 Å². The molecule has 0 atom stereocenters. The smallest absolute Gasteiger partial charge is 0.328 e. The molecule has 1 N–H and O–H groups in total. The second-order valence-electron chi connectivity index (χ2n) is 3.35. The molecule has 0 radical (unpaired) electrons. The molecule has 0 aliphatic heterocycles. The molecule has 2 heterocycles. The molecule has 0 saturated heterocycles. The zero-order chi connectivity index (χ0) is 13.0. The van der Waals surface area contributed by atoms with Gasteiger partial charge in [0.1, 0.15) is 5.01 Å². The molecular weight excluding hydrogens is 288 g/mol. The van der Waals surface area contributed by atoms with Gasteiger partial charge in [0.15, 0.2) is 4.34 Å². The van der Waals surface area contributed by atoms with Crippen molar-refractivity contribution in [3.63, 3.8) is 0 Å². The van der Waals surface area contributed by atoms with Crippen molar-refractivity contribution in [3.8, 4) is 0 Å². The Morgan fingerprint density at radius 2 is 2.28 bits per heavy atom. The summed E-state index contributed by atoms with van der Waals surface area (Å²) >= 11 is 4.82. The summed E-state index contributed by atoms with van der Waals surface area (Å²) in [5.41, 5.74) is 0. The molecule has 2 rings (SSSR count). The van der Waals surface area contributed by atoms with Crippen molar-refractivity contribution in [2.75, 3.05) is 0 Å². The molecule has 0 aliphatic rings. The number of hydrogen-bond acceptors (Lipinski definition) is 6. The number of aryl methyl sites for hydroxylation is 1. The zero-order valence-corrected chi connectivity index (χ0v) is 11.9. The average Bonchev–Trinajstić information content (AvgIpc) is 2.93. The van der Waals surface area contributed by atoms with Crippen LogP contribution in [0.3, 0.4) is 0 Å². The van der Waals surface area contributed by atoms with Gasteiger partial charge >= 0.3 is 5.97 Å². The summed E-state index contributed by atoms with van der Waals surface area (Å²) in [6.45, 7) is 1.93. The maximum absolute atomic E-state index is 10.4. The Bertz CT molecular complexity index is 574. The predicted octanol–water partition coefficient (Wildman–Crippen LogP) is 3.30. The van der Waals surface area contributed by atoms with Crippen molar-refractivity contribution in [3.05, 3.63) is 33.0 Å². The number of thiophene rings is 1. The third-order valence-electron chi connectivity index (χ3n) is 1.92. The molecule has 0 bridgehead atoms. The van der Waals surface area contributed by atoms with Gasteiger partial charge in [0.25, 0.3) is 0 Å². The molecule has 7 heteroatoms. The Labute approximate surface area is 116 Å². The Morgan fingerprint density at radius 1 is 1.44 bits per heavy atom. The first-order valence-electron chi connectivity index (χ1n) is 5.06. The Hall–Kier alpha value is -1.18. The molecule has 0 unspecified atom stereocenters. The van der Waals surface area contributed by atoms with Gasteiger partial charge in [0.05, 0.1) is 0 Å². The summed E-state index contributed by atoms with van der Waals surface area (Å²) in [7, 11) is 0. The number of aromatic nitrogens is 2. The van der Waals surface area contributed by atoms with Gasteiger partial charge in [-0.3, -0.25) is 0 Å². The van der Waals surface area contributed by atoms with Crippen molar-refractivity contribution >= 4 is 46.5 Å². The number of carbonyl (C=O) groups is 1. The minimum absolute atomic E-state index is 0.834. The predicted molar refractivity (Wildman–Crippen MR) is 75.2 cm³/mol. The van der Waals surface area contributed by atoms with E-state index in [-0.39, 0.29) is 0 Å². The molecule has 0 saturated carbocycles. The van der Waals surface area contributed by atoms with E-state index in [0.29, 0.717) is 0 Å². The molecule has 94 valence electrons. The van der Waals surface area contributed by atoms with Crippen molar-refractivity contribution in [2.45, 2.75) is 17.0 Å². The van der Waals surface area contributed by atoms with Gasteiger partial charge in [0, 0.05) is 21.6 Å². The highest BCUT2D eigenvalue weighted by Gasteiger charge is 2.04. The van der Waals surface area contributed by atoms with E-state index >= 15 is 0 Å². The lowest BCUT2D eigenvalue weighted by Gasteiger charge is -1.92. The molecule has 4 nitrogen and oxygen atoms in total. The fourth-order valence-corrected chi connectivity index (χ4v) is 3.96. The number of aliphatic carboxylic acids is 1. The number of thioether (sulfide) groups is 1. The van der Waals surface area contributed by atoms with Crippen molar-refractivity contribution < 1.29 is 9.90 Å². The van der Waals surface area contributed by atoms with Crippen molar-refractivity contribution in [1.29, 1.82) is 0 Å². The van der Waals surface area contributed by atoms with E-state index in [2.05, 4.69) is 10.2 Å². The third kappa shape index (κ3) is 3.94. The van der Waals surface area contributed by atoms with Crippen molar-refractivity contribution in [2.24, 2.45) is 0 Å². The monoisotopic (exact) mass is 298 g/mol. The third-order valence-corrected chi connectivity index (χ3v) is 5.17. The normalized spacial score (nSPS) is 11.2. The first-order valence-corrected chi connectivity index (χ1v) is 7.68. The van der Waals surface area contributed by atoms with Gasteiger partial charge in [-0.15, -0.1) is 21.5 Å². The van der Waals surface area contributed by atoms with Crippen LogP contribution in [0.25, 0.3) is 6.08 Å². The lowest BCUT2D eigenvalue weighted by molar-refractivity contribution is -0.131. The first kappa shape index (κ1) is 13.3. The van der Waals surface area contributed by atoms with Crippen LogP contribution < -0.4 is 0 Å². The number of carboxylic acids is 1. The fourth-order valence-electron chi connectivity index (χ4n) is 1.18. The highest BCUT2D eigenvalue weighted by molar-refractivity contribution is 8.00. The molecule has 18 heavy (non-hydrogen) atoms. The van der Waals surface area contributed by atoms with Crippen LogP contribution in [0.1, 0.15) is 14.8 Å². The van der Waals surface area contributed by atoms with Crippen LogP contribution >= 0.6 is 34.4 Å². The zero-order valence-electron chi connectivity index (χ0n) is 9.49. The summed E-state index contributed by atoms with van der Waals surface area (Å²) in [5, 5.41) is 17.5. The van der Waals surface area contributed by atoms with E-state index < -0.39 is 5.97 Å². The average molecular weight is 298 g/mol. The molecule has 0 amide bonds. The first-order chi connectivity index (χ1) is 8.63. The van der Waals surface area contributed by atoms with Gasteiger partial charge in [-0.2, -0.15) is 0 Å². The fraction of sp³-hybridized carbons (Fsp3) is 0.182. The van der Waals surface area contributed by atoms with Crippen LogP contribution in [0.4, 0.5) is 0 Å². The minimum Gasteiger partial charge on any atom is -0.478 e. The second kappa shape index (κ2) is 6.12. The molecule has 2 aromatic heterocycles. The van der Waals surface area contributed by atoms with Gasteiger partial charge < -0.3 is 5.11 Å². The van der Waals surface area contributed by atoms with Gasteiger partial charge in [-0.05, 0) is 25.1 Å². The summed E-state index contributed by atoms with van der Waals surface area (Å²) < 4.78 is 0.962. The van der Waals surface area contributed by atoms with Crippen molar-refractivity contribution in [1.82, 2.24) is 10.2 Å². The summed E-state index contributed by atoms with van der Waals surface area (Å²) in [6, 6.07) is 3.93. The maximum atomic E-state index is 10.4. The van der Waals surface area contributed by atoms with Crippen LogP contribution in [-0.4, -0.2) is 21.3 Å². The molecule has 2 aromatic rings. The minimum atomic E-state index is -0.927. The topological polar surface area (TPSA) is 63.1 Å². The lowest BCUT2D eigenvalue weighted by atomic mass is 10.4. The molecule has 0 aliphatic carbocycles. The van der Waals surface area contributed by atoms with E-state index in [9.17, 15) is 4.79 Å². The summed E-state index contributed by atoms with van der Waals surface area (Å²) in [6.07, 6.45) is 2.76. The Balaban J connectivity index is 1.92. The lowest BCUT2D eigenvalue weighted by Crippen LogP contribution is -1.84. The molecule has 0 aromatic carbocycles. The Kier molecular flexibility index (Phi) is 4.51. The number of nitrogens with zero attached hydrogens (tertiary/aromatic N) is 2. The SMILES string of the molecule is Cc1nnc(SCc2ccc(C=CC(=O)O)s2)s1. The van der Waals surface area contributed by atoms with E-state index in [1.54, 1.807) is 40.5 Å². The highest BCUT2D eigenvalue weighted by Crippen LogP contribution is 2.29. The van der Waals surface area contributed by atoms with Crippen LogP contribution in [0, 0.1) is 6.92 Å². The molecule has 0 fully saturated rings. The van der Waals surface area contributed by atoms with Crippen LogP contribution in [0.15, 0.2) is 22.5 Å². The van der Waals surface area contributed by atoms with Gasteiger partial charge in [-0.1, -0.05) is 23.1 Å². The van der Waals surface area contributed by atoms with Gasteiger partial charge in [-0.25, -0.2) is 4.79 Å². The maximum Gasteiger partial charge on any atom is 0.328 e. The standard InChI is InChI=1S/C11H10N2O2S3/c1-7-12-13-11(17-7)16-6-9-3-2-8(18-9)4-5-10(14)15/h2-5H,6H2,1H3,(H,14,15). The molecule has 0 spiro atoms. The number of carboxylic acid groups (broad SMARTS) is 1. The quantitative estimate of drug-likeness (QED) is 0.678. The van der Waals surface area contributed by atoms with E-state index in [1.807, 2.05) is 19.1 Å². The second-order valence-corrected chi connectivity index (χ2v) is 6.96. The largest absolute Gasteiger partial charge is 0.478 e. The van der Waals surface area contributed by atoms with Crippen LogP contribution in [0.5, 0.6) is 0 Å². The van der Waals surface area contributed by atoms with Crippen LogP contribution in [0.2, 0.25) is 0 Å². The summed E-state index contributed by atoms with van der Waals surface area (Å²) in [4.78, 5) is 12.5. The highest BCUT2D eigenvalue weighted by atomic mass is 32.2. The Morgan fingerprint density at radius 3 is 2.94 bits per heavy atom. The summed E-state index contributed by atoms with van der Waals surface area (Å²) in [5.74, 6) is -0.0936. The number of hydrogen-bond donors (Lipinski definition) is 1. The van der Waals surface area contributed by atoms with E-state index in [1.165, 1.54) is 4.88 Å².